The third kappa shape index (κ3) is 8.25. The quantitative estimate of drug-likeness (QED) is 0.417. The molecule has 6 atom stereocenters. The van der Waals surface area contributed by atoms with E-state index >= 15 is 0 Å². The normalized spacial score (nSPS) is 31.4. The van der Waals surface area contributed by atoms with Crippen LogP contribution in [0.15, 0.2) is 36.4 Å². The van der Waals surface area contributed by atoms with Gasteiger partial charge in [0.1, 0.15) is 12.4 Å². The number of β-amino-alcohol motifs (C(OH)–C–C–N with tert-alkyl or cyclic N) is 1. The molecule has 1 aliphatic carbocycles. The number of benzene rings is 2. The number of anilines is 1. The van der Waals surface area contributed by atoms with E-state index in [1.165, 1.54) is 5.56 Å². The van der Waals surface area contributed by atoms with Crippen LogP contribution in [0.5, 0.6) is 5.75 Å². The molecule has 2 aromatic rings. The number of hydrogen-bond acceptors (Lipinski definition) is 8. The number of nitrogens with zero attached hydrogens (tertiary/aromatic N) is 3. The van der Waals surface area contributed by atoms with Crippen molar-refractivity contribution in [2.45, 2.75) is 95.1 Å². The van der Waals surface area contributed by atoms with Gasteiger partial charge >= 0.3 is 0 Å². The van der Waals surface area contributed by atoms with Gasteiger partial charge < -0.3 is 19.6 Å². The minimum absolute atomic E-state index is 0.135. The van der Waals surface area contributed by atoms with Crippen molar-refractivity contribution in [3.05, 3.63) is 58.1 Å². The van der Waals surface area contributed by atoms with Gasteiger partial charge in [0.2, 0.25) is 10.0 Å². The fourth-order valence-corrected chi connectivity index (χ4v) is 10.1. The molecular weight excluding hydrogens is 660 g/mol. The average Bonchev–Trinajstić information content (AvgIpc) is 3.49. The minimum Gasteiger partial charge on any atom is -0.487 e. The fraction of sp³-hybridized carbons (Fsp3) is 0.658. The van der Waals surface area contributed by atoms with Gasteiger partial charge in [-0.1, -0.05) is 31.0 Å². The van der Waals surface area contributed by atoms with E-state index in [4.69, 9.17) is 16.3 Å². The number of halogens is 1. The van der Waals surface area contributed by atoms with Gasteiger partial charge in [-0.05, 0) is 138 Å². The highest BCUT2D eigenvalue weighted by atomic mass is 35.5. The summed E-state index contributed by atoms with van der Waals surface area (Å²) in [5.74, 6) is 0.270. The number of likely N-dealkylation sites (tertiary alicyclic amines) is 1. The molecule has 9 nitrogen and oxygen atoms in total. The van der Waals surface area contributed by atoms with Crippen LogP contribution in [0.1, 0.15) is 86.7 Å². The smallest absolute Gasteiger partial charge is 0.264 e. The van der Waals surface area contributed by atoms with E-state index in [-0.39, 0.29) is 23.3 Å². The Hall–Kier alpha value is -2.37. The molecule has 6 rings (SSSR count). The van der Waals surface area contributed by atoms with E-state index in [0.717, 1.165) is 82.4 Å². The second kappa shape index (κ2) is 15.1. The fourth-order valence-electron chi connectivity index (χ4n) is 8.56. The number of rotatable bonds is 3. The Morgan fingerprint density at radius 2 is 1.82 bits per heavy atom. The number of aliphatic hydroxyl groups is 1. The summed E-state index contributed by atoms with van der Waals surface area (Å²) in [6.07, 6.45) is 7.90. The zero-order chi connectivity index (χ0) is 34.9. The van der Waals surface area contributed by atoms with Crippen LogP contribution in [-0.4, -0.2) is 92.9 Å². The maximum Gasteiger partial charge on any atom is 0.264 e. The highest BCUT2D eigenvalue weighted by Crippen LogP contribution is 2.47. The van der Waals surface area contributed by atoms with E-state index in [2.05, 4.69) is 33.5 Å². The lowest BCUT2D eigenvalue weighted by atomic mass is 9.62. The van der Waals surface area contributed by atoms with Crippen molar-refractivity contribution in [2.75, 3.05) is 51.7 Å². The van der Waals surface area contributed by atoms with Crippen molar-refractivity contribution in [2.24, 2.45) is 17.8 Å². The summed E-state index contributed by atoms with van der Waals surface area (Å²) in [7, 11) is 0.327. The van der Waals surface area contributed by atoms with E-state index in [1.807, 2.05) is 25.1 Å². The molecule has 1 amide bonds. The van der Waals surface area contributed by atoms with Gasteiger partial charge in [-0.3, -0.25) is 9.69 Å². The van der Waals surface area contributed by atoms with Gasteiger partial charge in [0.15, 0.2) is 0 Å². The van der Waals surface area contributed by atoms with Gasteiger partial charge in [0.25, 0.3) is 5.91 Å². The largest absolute Gasteiger partial charge is 0.487 e. The Morgan fingerprint density at radius 3 is 2.55 bits per heavy atom. The summed E-state index contributed by atoms with van der Waals surface area (Å²) >= 11 is 6.38. The molecule has 4 aliphatic rings. The number of nitrogens with one attached hydrogen (secondary N) is 1. The van der Waals surface area contributed by atoms with Gasteiger partial charge in [0.05, 0.1) is 16.5 Å². The zero-order valence-corrected chi connectivity index (χ0v) is 31.2. The number of fused-ring (bicyclic) bond motifs is 3. The Labute approximate surface area is 298 Å². The van der Waals surface area contributed by atoms with Crippen LogP contribution in [0.25, 0.3) is 0 Å². The SMILES string of the molecule is C[C@@H]1[C@@H](C)CCC[C@](O)(CN2CC[C@@H](N(C)C)C2)[C@@H]2CC[C@H]2CN2CCCCc3cc(Cl)ccc3COc3ccc(cc32)C(=O)NS1(=O)=O. The molecule has 1 saturated heterocycles. The highest BCUT2D eigenvalue weighted by molar-refractivity contribution is 7.90. The number of sulfonamides is 1. The highest BCUT2D eigenvalue weighted by Gasteiger charge is 2.48. The van der Waals surface area contributed by atoms with Crippen LogP contribution >= 0.6 is 11.6 Å². The molecule has 0 spiro atoms. The van der Waals surface area contributed by atoms with Gasteiger partial charge in [-0.25, -0.2) is 13.1 Å². The first-order valence-electron chi connectivity index (χ1n) is 18.3. The van der Waals surface area contributed by atoms with Crippen molar-refractivity contribution in [1.29, 1.82) is 0 Å². The number of carbonyl (C=O) groups excluding carboxylic acids is 1. The summed E-state index contributed by atoms with van der Waals surface area (Å²) < 4.78 is 35.9. The minimum atomic E-state index is -3.94. The van der Waals surface area contributed by atoms with E-state index in [0.29, 0.717) is 42.8 Å². The molecule has 270 valence electrons. The maximum atomic E-state index is 13.5. The second-order valence-corrected chi connectivity index (χ2v) is 18.0. The molecule has 2 N–H and O–H groups in total. The lowest BCUT2D eigenvalue weighted by Crippen LogP contribution is -2.56. The van der Waals surface area contributed by atoms with Crippen LogP contribution < -0.4 is 14.4 Å². The van der Waals surface area contributed by atoms with E-state index in [1.54, 1.807) is 25.1 Å². The zero-order valence-electron chi connectivity index (χ0n) is 29.7. The molecule has 3 aliphatic heterocycles. The van der Waals surface area contributed by atoms with Crippen molar-refractivity contribution in [1.82, 2.24) is 14.5 Å². The molecule has 0 aromatic heterocycles. The van der Waals surface area contributed by atoms with Crippen LogP contribution in [-0.2, 0) is 23.1 Å². The lowest BCUT2D eigenvalue weighted by molar-refractivity contribution is -0.103. The number of likely N-dealkylation sites (N-methyl/N-ethyl adjacent to an activating group) is 1. The third-order valence-electron chi connectivity index (χ3n) is 12.1. The first-order valence-corrected chi connectivity index (χ1v) is 20.2. The number of hydrogen-bond donors (Lipinski definition) is 2. The monoisotopic (exact) mass is 714 g/mol. The molecule has 0 unspecified atom stereocenters. The Morgan fingerprint density at radius 1 is 1.00 bits per heavy atom. The predicted molar refractivity (Wildman–Crippen MR) is 196 cm³/mol. The maximum absolute atomic E-state index is 13.5. The van der Waals surface area contributed by atoms with E-state index < -0.39 is 26.8 Å². The molecule has 3 heterocycles. The molecule has 0 radical (unpaired) electrons. The Balaban J connectivity index is 1.36. The van der Waals surface area contributed by atoms with Crippen molar-refractivity contribution < 1.29 is 23.1 Å². The molecule has 2 bridgehead atoms. The van der Waals surface area contributed by atoms with Crippen LogP contribution in [0.4, 0.5) is 5.69 Å². The number of amides is 1. The standard InChI is InChI=1S/C38H55ClN4O5S/c1-26-8-7-17-38(45,25-42-19-16-33(23-42)41(3)4)34-14-11-30(34)22-43-18-6-5-9-28-20-32(39)13-10-31(28)24-48-36-15-12-29(21-35(36)43)37(44)40-49(46,47)27(26)2/h10,12-13,15,20-21,26-27,30,33-34,45H,5-9,11,14,16-19,22-25H2,1-4H3,(H,40,44)/t26-,27+,30-,33+,34+,38-/m0/s1. The number of carbonyl (C=O) groups is 1. The average molecular weight is 715 g/mol. The number of aryl methyl sites for hydroxylation is 1. The molecule has 2 fully saturated rings. The van der Waals surface area contributed by atoms with Gasteiger partial charge in [0, 0.05) is 42.8 Å². The molecular formula is C38H55ClN4O5S. The van der Waals surface area contributed by atoms with Crippen molar-refractivity contribution >= 4 is 33.2 Å². The Kier molecular flexibility index (Phi) is 11.2. The molecule has 49 heavy (non-hydrogen) atoms. The van der Waals surface area contributed by atoms with Gasteiger partial charge in [-0.2, -0.15) is 0 Å². The first kappa shape index (κ1) is 36.4. The van der Waals surface area contributed by atoms with Crippen LogP contribution in [0, 0.1) is 17.8 Å². The van der Waals surface area contributed by atoms with Crippen molar-refractivity contribution in [3.8, 4) is 5.75 Å². The summed E-state index contributed by atoms with van der Waals surface area (Å²) in [5.41, 5.74) is 2.47. The summed E-state index contributed by atoms with van der Waals surface area (Å²) in [6.45, 7) is 8.03. The second-order valence-electron chi connectivity index (χ2n) is 15.5. The topological polar surface area (TPSA) is 102 Å². The summed E-state index contributed by atoms with van der Waals surface area (Å²) in [6, 6.07) is 11.7. The van der Waals surface area contributed by atoms with E-state index in [9.17, 15) is 18.3 Å². The van der Waals surface area contributed by atoms with Crippen molar-refractivity contribution in [3.63, 3.8) is 0 Å². The predicted octanol–water partition coefficient (Wildman–Crippen LogP) is 5.72. The number of ether oxygens (including phenoxy) is 1. The van der Waals surface area contributed by atoms with Crippen LogP contribution in [0.2, 0.25) is 5.02 Å². The van der Waals surface area contributed by atoms with Crippen LogP contribution in [0.3, 0.4) is 0 Å². The summed E-state index contributed by atoms with van der Waals surface area (Å²) in [4.78, 5) is 20.6. The van der Waals surface area contributed by atoms with Gasteiger partial charge in [-0.15, -0.1) is 0 Å². The summed E-state index contributed by atoms with van der Waals surface area (Å²) in [5, 5.41) is 12.6. The molecule has 2 aromatic carbocycles. The molecule has 1 saturated carbocycles. The lowest BCUT2D eigenvalue weighted by Gasteiger charge is -2.50. The molecule has 11 heteroatoms. The third-order valence-corrected chi connectivity index (χ3v) is 14.2. The Bertz CT molecular complexity index is 1600. The first-order chi connectivity index (χ1) is 23.3.